The Kier molecular flexibility index (Phi) is 6.50. The smallest absolute Gasteiger partial charge is 0.222 e. The third-order valence-corrected chi connectivity index (χ3v) is 4.97. The minimum Gasteiger partial charge on any atom is -0.342 e. The maximum absolute atomic E-state index is 12.3. The van der Waals surface area contributed by atoms with Gasteiger partial charge in [-0.2, -0.15) is 0 Å². The van der Waals surface area contributed by atoms with Crippen molar-refractivity contribution in [3.8, 4) is 0 Å². The van der Waals surface area contributed by atoms with Crippen LogP contribution in [0.25, 0.3) is 0 Å². The molecule has 1 aliphatic heterocycles. The van der Waals surface area contributed by atoms with Crippen LogP contribution in [0.4, 0.5) is 0 Å². The molecule has 3 heteroatoms. The van der Waals surface area contributed by atoms with Gasteiger partial charge in [-0.05, 0) is 49.0 Å². The van der Waals surface area contributed by atoms with Crippen molar-refractivity contribution in [1.29, 1.82) is 0 Å². The maximum Gasteiger partial charge on any atom is 0.222 e. The number of hydrogen-bond acceptors (Lipinski definition) is 2. The summed E-state index contributed by atoms with van der Waals surface area (Å²) in [6, 6.07) is 0. The van der Waals surface area contributed by atoms with Crippen LogP contribution in [0.5, 0.6) is 0 Å². The van der Waals surface area contributed by atoms with E-state index in [-0.39, 0.29) is 0 Å². The van der Waals surface area contributed by atoms with E-state index in [1.54, 1.807) is 0 Å². The first-order valence-electron chi connectivity index (χ1n) is 8.23. The van der Waals surface area contributed by atoms with Crippen molar-refractivity contribution in [3.05, 3.63) is 0 Å². The van der Waals surface area contributed by atoms with Gasteiger partial charge in [-0.25, -0.2) is 0 Å². The van der Waals surface area contributed by atoms with Gasteiger partial charge >= 0.3 is 0 Å². The lowest BCUT2D eigenvalue weighted by Crippen LogP contribution is -2.31. The summed E-state index contributed by atoms with van der Waals surface area (Å²) in [6.45, 7) is 13.9. The van der Waals surface area contributed by atoms with E-state index < -0.39 is 0 Å². The van der Waals surface area contributed by atoms with Crippen molar-refractivity contribution < 1.29 is 4.79 Å². The minimum absolute atomic E-state index is 0.315. The molecular formula is C17H34N2O. The van der Waals surface area contributed by atoms with E-state index in [0.717, 1.165) is 38.9 Å². The van der Waals surface area contributed by atoms with Gasteiger partial charge in [-0.3, -0.25) is 4.79 Å². The highest BCUT2D eigenvalue weighted by Gasteiger charge is 2.33. The summed E-state index contributed by atoms with van der Waals surface area (Å²) in [7, 11) is 0. The molecule has 0 aromatic rings. The largest absolute Gasteiger partial charge is 0.342 e. The molecule has 118 valence electrons. The Morgan fingerprint density at radius 1 is 1.30 bits per heavy atom. The van der Waals surface area contributed by atoms with Crippen LogP contribution in [-0.2, 0) is 4.79 Å². The lowest BCUT2D eigenvalue weighted by atomic mass is 9.80. The number of rotatable bonds is 6. The van der Waals surface area contributed by atoms with Gasteiger partial charge in [0.15, 0.2) is 0 Å². The predicted molar refractivity (Wildman–Crippen MR) is 85.4 cm³/mol. The summed E-state index contributed by atoms with van der Waals surface area (Å²) in [5, 5.41) is 0. The maximum atomic E-state index is 12.3. The monoisotopic (exact) mass is 282 g/mol. The SMILES string of the molecule is CC(C)C(CCN)CCC(=O)N1CCC(C(C)(C)C)C1. The van der Waals surface area contributed by atoms with Crippen molar-refractivity contribution in [1.82, 2.24) is 4.90 Å². The first kappa shape index (κ1) is 17.5. The molecule has 3 nitrogen and oxygen atoms in total. The second kappa shape index (κ2) is 7.44. The third-order valence-electron chi connectivity index (χ3n) is 4.97. The van der Waals surface area contributed by atoms with Gasteiger partial charge in [-0.15, -0.1) is 0 Å². The van der Waals surface area contributed by atoms with E-state index in [1.165, 1.54) is 0 Å². The molecule has 2 N–H and O–H groups in total. The Hall–Kier alpha value is -0.570. The molecule has 0 bridgehead atoms. The highest BCUT2D eigenvalue weighted by atomic mass is 16.2. The Balaban J connectivity index is 2.40. The Morgan fingerprint density at radius 3 is 2.40 bits per heavy atom. The average Bonchev–Trinajstić information content (AvgIpc) is 2.83. The second-order valence-electron chi connectivity index (χ2n) is 7.81. The standard InChI is InChI=1S/C17H34N2O/c1-13(2)14(8-10-18)6-7-16(20)19-11-9-15(12-19)17(3,4)5/h13-15H,6-12,18H2,1-5H3. The Bertz CT molecular complexity index is 307. The van der Waals surface area contributed by atoms with Crippen LogP contribution < -0.4 is 5.73 Å². The molecule has 1 rings (SSSR count). The van der Waals surface area contributed by atoms with Crippen molar-refractivity contribution in [3.63, 3.8) is 0 Å². The zero-order chi connectivity index (χ0) is 15.3. The van der Waals surface area contributed by atoms with Crippen molar-refractivity contribution in [2.45, 2.75) is 60.3 Å². The number of hydrogen-bond donors (Lipinski definition) is 1. The molecule has 2 atom stereocenters. The van der Waals surface area contributed by atoms with Crippen molar-refractivity contribution in [2.24, 2.45) is 28.9 Å². The molecule has 20 heavy (non-hydrogen) atoms. The number of carbonyl (C=O) groups is 1. The van der Waals surface area contributed by atoms with Gasteiger partial charge < -0.3 is 10.6 Å². The minimum atomic E-state index is 0.315. The first-order valence-corrected chi connectivity index (χ1v) is 8.23. The molecule has 0 aliphatic carbocycles. The van der Waals surface area contributed by atoms with Gasteiger partial charge in [0.1, 0.15) is 0 Å². The van der Waals surface area contributed by atoms with Crippen molar-refractivity contribution >= 4 is 5.91 Å². The molecule has 0 radical (unpaired) electrons. The number of carbonyl (C=O) groups excluding carboxylic acids is 1. The zero-order valence-electron chi connectivity index (χ0n) is 14.1. The molecular weight excluding hydrogens is 248 g/mol. The lowest BCUT2D eigenvalue weighted by molar-refractivity contribution is -0.130. The van der Waals surface area contributed by atoms with Crippen LogP contribution in [0.3, 0.4) is 0 Å². The molecule has 0 spiro atoms. The third kappa shape index (κ3) is 5.08. The normalized spacial score (nSPS) is 21.6. The molecule has 1 saturated heterocycles. The van der Waals surface area contributed by atoms with Crippen LogP contribution in [-0.4, -0.2) is 30.4 Å². The summed E-state index contributed by atoms with van der Waals surface area (Å²) in [4.78, 5) is 14.4. The highest BCUT2D eigenvalue weighted by Crippen LogP contribution is 2.34. The quantitative estimate of drug-likeness (QED) is 0.812. The van der Waals surface area contributed by atoms with Gasteiger partial charge in [0.2, 0.25) is 5.91 Å². The second-order valence-corrected chi connectivity index (χ2v) is 7.81. The Labute approximate surface area is 125 Å². The van der Waals surface area contributed by atoms with E-state index >= 15 is 0 Å². The van der Waals surface area contributed by atoms with Crippen LogP contribution in [0, 0.1) is 23.2 Å². The fourth-order valence-electron chi connectivity index (χ4n) is 3.19. The average molecular weight is 282 g/mol. The Morgan fingerprint density at radius 2 is 1.95 bits per heavy atom. The van der Waals surface area contributed by atoms with E-state index in [4.69, 9.17) is 5.73 Å². The number of amides is 1. The first-order chi connectivity index (χ1) is 9.25. The molecule has 0 saturated carbocycles. The molecule has 1 fully saturated rings. The van der Waals surface area contributed by atoms with Gasteiger partial charge in [0.05, 0.1) is 0 Å². The van der Waals surface area contributed by atoms with Crippen LogP contribution >= 0.6 is 0 Å². The van der Waals surface area contributed by atoms with Gasteiger partial charge in [0.25, 0.3) is 0 Å². The molecule has 0 aromatic heterocycles. The molecule has 2 unspecified atom stereocenters. The van der Waals surface area contributed by atoms with Crippen LogP contribution in [0.1, 0.15) is 60.3 Å². The van der Waals surface area contributed by atoms with E-state index in [1.807, 2.05) is 0 Å². The zero-order valence-corrected chi connectivity index (χ0v) is 14.1. The summed E-state index contributed by atoms with van der Waals surface area (Å²) in [5.74, 6) is 2.20. The van der Waals surface area contributed by atoms with E-state index in [0.29, 0.717) is 35.5 Å². The molecule has 1 aliphatic rings. The molecule has 0 aromatic carbocycles. The lowest BCUT2D eigenvalue weighted by Gasteiger charge is -2.27. The predicted octanol–water partition coefficient (Wildman–Crippen LogP) is 3.28. The van der Waals surface area contributed by atoms with E-state index in [9.17, 15) is 4.79 Å². The van der Waals surface area contributed by atoms with Crippen LogP contribution in [0.2, 0.25) is 0 Å². The topological polar surface area (TPSA) is 46.3 Å². The number of likely N-dealkylation sites (tertiary alicyclic amines) is 1. The summed E-state index contributed by atoms with van der Waals surface area (Å²) in [6.07, 6.45) is 3.88. The number of nitrogens with two attached hydrogens (primary N) is 1. The fourth-order valence-corrected chi connectivity index (χ4v) is 3.19. The molecule has 1 heterocycles. The number of nitrogens with zero attached hydrogens (tertiary/aromatic N) is 1. The summed E-state index contributed by atoms with van der Waals surface area (Å²) in [5.41, 5.74) is 5.98. The van der Waals surface area contributed by atoms with Gasteiger partial charge in [-0.1, -0.05) is 34.6 Å². The van der Waals surface area contributed by atoms with E-state index in [2.05, 4.69) is 39.5 Å². The fraction of sp³-hybridized carbons (Fsp3) is 0.941. The van der Waals surface area contributed by atoms with Crippen LogP contribution in [0.15, 0.2) is 0 Å². The summed E-state index contributed by atoms with van der Waals surface area (Å²) >= 11 is 0. The van der Waals surface area contributed by atoms with Crippen molar-refractivity contribution in [2.75, 3.05) is 19.6 Å². The van der Waals surface area contributed by atoms with Gasteiger partial charge in [0, 0.05) is 19.5 Å². The molecule has 1 amide bonds. The summed E-state index contributed by atoms with van der Waals surface area (Å²) < 4.78 is 0. The highest BCUT2D eigenvalue weighted by molar-refractivity contribution is 5.76.